The Morgan fingerprint density at radius 2 is 0.622 bits per heavy atom. The molecule has 12 nitrogen and oxygen atoms in total. The summed E-state index contributed by atoms with van der Waals surface area (Å²) in [6.07, 6.45) is -3.91. The van der Waals surface area contributed by atoms with Crippen LogP contribution in [0.1, 0.15) is 55.4 Å². The van der Waals surface area contributed by atoms with Crippen LogP contribution in [-0.4, -0.2) is 101 Å². The fourth-order valence-electron chi connectivity index (χ4n) is 2.96. The third-order valence-corrected chi connectivity index (χ3v) is 5.73. The van der Waals surface area contributed by atoms with Crippen molar-refractivity contribution in [2.75, 3.05) is 52.9 Å². The summed E-state index contributed by atoms with van der Waals surface area (Å²) >= 11 is 0. The molecule has 0 fully saturated rings. The summed E-state index contributed by atoms with van der Waals surface area (Å²) in [6.45, 7) is 26.5. The van der Waals surface area contributed by atoms with Gasteiger partial charge in [-0.25, -0.2) is 19.2 Å². The summed E-state index contributed by atoms with van der Waals surface area (Å²) in [5, 5.41) is 0. The Balaban J connectivity index is 6.14. The van der Waals surface area contributed by atoms with E-state index in [9.17, 15) is 19.2 Å². The maximum absolute atomic E-state index is 12.8. The molecule has 0 N–H and O–H groups in total. The van der Waals surface area contributed by atoms with Gasteiger partial charge in [0.25, 0.3) is 0 Å². The van der Waals surface area contributed by atoms with Crippen molar-refractivity contribution in [3.8, 4) is 0 Å². The summed E-state index contributed by atoms with van der Waals surface area (Å²) in [5.41, 5.74) is 1.25. The average molecular weight is 641 g/mol. The standard InChI is InChI=1S/C33H52O12/c1-21(2)13-38-25(9)29(34)42-17-33(18-43-30(35)26(10)39-14-22(3)4,19-44-31(36)27(11)40-15-23(5)6)20-45-32(37)28(12)41-16-24(7)8/h25-28H,1,3,5,7,13-20H2,2,4,6,8-12H3. The highest BCUT2D eigenvalue weighted by Crippen LogP contribution is 2.23. The number of hydrogen-bond acceptors (Lipinski definition) is 12. The SMILES string of the molecule is C=C(C)COC(C)C(=O)OCC(COC(=O)C(C)OCC(=C)C)(COC(=O)C(C)OCC(=C)C)COC(=O)C(C)OCC(=C)C. The molecule has 0 radical (unpaired) electrons. The van der Waals surface area contributed by atoms with Gasteiger partial charge in [-0.2, -0.15) is 0 Å². The monoisotopic (exact) mass is 640 g/mol. The van der Waals surface area contributed by atoms with Crippen LogP contribution in [0.5, 0.6) is 0 Å². The maximum Gasteiger partial charge on any atom is 0.334 e. The van der Waals surface area contributed by atoms with E-state index in [-0.39, 0.29) is 26.4 Å². The van der Waals surface area contributed by atoms with Gasteiger partial charge in [-0.3, -0.25) is 0 Å². The van der Waals surface area contributed by atoms with E-state index < -0.39 is 80.1 Å². The molecule has 4 atom stereocenters. The van der Waals surface area contributed by atoms with Crippen LogP contribution in [0.4, 0.5) is 0 Å². The Bertz CT molecular complexity index is 881. The van der Waals surface area contributed by atoms with E-state index in [0.717, 1.165) is 0 Å². The fourth-order valence-corrected chi connectivity index (χ4v) is 2.96. The largest absolute Gasteiger partial charge is 0.463 e. The minimum atomic E-state index is -1.54. The van der Waals surface area contributed by atoms with Crippen LogP contribution in [0.2, 0.25) is 0 Å². The molecule has 0 aromatic heterocycles. The molecule has 0 aliphatic carbocycles. The lowest BCUT2D eigenvalue weighted by Gasteiger charge is -2.33. The molecule has 0 saturated carbocycles. The molecule has 256 valence electrons. The lowest BCUT2D eigenvalue weighted by Crippen LogP contribution is -2.46. The number of ether oxygens (including phenoxy) is 8. The van der Waals surface area contributed by atoms with Gasteiger partial charge >= 0.3 is 23.9 Å². The molecular weight excluding hydrogens is 588 g/mol. The molecule has 0 amide bonds. The maximum atomic E-state index is 12.8. The predicted octanol–water partition coefficient (Wildman–Crippen LogP) is 4.07. The molecule has 45 heavy (non-hydrogen) atoms. The summed E-state index contributed by atoms with van der Waals surface area (Å²) in [7, 11) is 0. The number of hydrogen-bond donors (Lipinski definition) is 0. The van der Waals surface area contributed by atoms with Crippen LogP contribution in [0.15, 0.2) is 48.6 Å². The molecule has 0 aliphatic rings. The number of carbonyl (C=O) groups is 4. The Hall–Kier alpha value is -3.32. The van der Waals surface area contributed by atoms with Crippen LogP contribution in [0.25, 0.3) is 0 Å². The lowest BCUT2D eigenvalue weighted by atomic mass is 9.92. The molecule has 0 saturated heterocycles. The highest BCUT2D eigenvalue weighted by atomic mass is 16.6. The van der Waals surface area contributed by atoms with Crippen molar-refractivity contribution in [1.29, 1.82) is 0 Å². The van der Waals surface area contributed by atoms with E-state index in [1.165, 1.54) is 27.7 Å². The van der Waals surface area contributed by atoms with E-state index in [1.54, 1.807) is 27.7 Å². The Kier molecular flexibility index (Phi) is 19.8. The van der Waals surface area contributed by atoms with E-state index >= 15 is 0 Å². The topological polar surface area (TPSA) is 142 Å². The van der Waals surface area contributed by atoms with Gasteiger partial charge in [-0.15, -0.1) is 0 Å². The normalized spacial score (nSPS) is 14.9. The minimum absolute atomic E-state index is 0.125. The first-order valence-electron chi connectivity index (χ1n) is 14.6. The predicted molar refractivity (Wildman–Crippen MR) is 167 cm³/mol. The third-order valence-electron chi connectivity index (χ3n) is 5.73. The molecule has 0 rings (SSSR count). The highest BCUT2D eigenvalue weighted by Gasteiger charge is 2.40. The number of carbonyl (C=O) groups excluding carboxylic acids is 4. The molecule has 0 heterocycles. The Labute approximate surface area is 267 Å². The quantitative estimate of drug-likeness (QED) is 0.0853. The minimum Gasteiger partial charge on any atom is -0.463 e. The van der Waals surface area contributed by atoms with Gasteiger partial charge in [0.1, 0.15) is 31.8 Å². The summed E-state index contributed by atoms with van der Waals surface area (Å²) in [5.74, 6) is -3.00. The van der Waals surface area contributed by atoms with Gasteiger partial charge in [0.2, 0.25) is 0 Å². The van der Waals surface area contributed by atoms with Gasteiger partial charge in [0.05, 0.1) is 26.4 Å². The van der Waals surface area contributed by atoms with E-state index in [2.05, 4.69) is 26.3 Å². The van der Waals surface area contributed by atoms with Crippen LogP contribution < -0.4 is 0 Å². The zero-order chi connectivity index (χ0) is 34.7. The molecule has 0 aromatic rings. The molecule has 4 unspecified atom stereocenters. The second-order valence-corrected chi connectivity index (χ2v) is 11.6. The summed E-state index contributed by atoms with van der Waals surface area (Å²) in [4.78, 5) is 51.2. The average Bonchev–Trinajstić information content (AvgIpc) is 2.98. The number of rotatable bonds is 24. The summed E-state index contributed by atoms with van der Waals surface area (Å²) < 4.78 is 43.9. The van der Waals surface area contributed by atoms with Crippen LogP contribution in [0, 0.1) is 5.41 Å². The van der Waals surface area contributed by atoms with Crippen LogP contribution in [-0.2, 0) is 57.1 Å². The van der Waals surface area contributed by atoms with E-state index in [0.29, 0.717) is 22.3 Å². The Morgan fingerprint density at radius 3 is 0.778 bits per heavy atom. The molecule has 0 aliphatic heterocycles. The first-order chi connectivity index (χ1) is 20.9. The molecule has 12 heteroatoms. The van der Waals surface area contributed by atoms with Crippen molar-refractivity contribution in [3.63, 3.8) is 0 Å². The Morgan fingerprint density at radius 1 is 0.444 bits per heavy atom. The van der Waals surface area contributed by atoms with Gasteiger partial charge in [-0.05, 0) is 55.4 Å². The van der Waals surface area contributed by atoms with Crippen LogP contribution >= 0.6 is 0 Å². The first kappa shape index (κ1) is 41.7. The third kappa shape index (κ3) is 18.9. The van der Waals surface area contributed by atoms with Crippen molar-refractivity contribution in [3.05, 3.63) is 48.6 Å². The molecule has 0 aromatic carbocycles. The van der Waals surface area contributed by atoms with Crippen molar-refractivity contribution < 1.29 is 57.1 Å². The molecule has 0 bridgehead atoms. The van der Waals surface area contributed by atoms with E-state index in [1.807, 2.05) is 0 Å². The first-order valence-corrected chi connectivity index (χ1v) is 14.6. The van der Waals surface area contributed by atoms with Crippen molar-refractivity contribution in [1.82, 2.24) is 0 Å². The van der Waals surface area contributed by atoms with Crippen molar-refractivity contribution in [2.24, 2.45) is 5.41 Å². The second-order valence-electron chi connectivity index (χ2n) is 11.6. The zero-order valence-electron chi connectivity index (χ0n) is 28.2. The van der Waals surface area contributed by atoms with Gasteiger partial charge in [-0.1, -0.05) is 48.6 Å². The lowest BCUT2D eigenvalue weighted by molar-refractivity contribution is -0.182. The molecule has 0 spiro atoms. The second kappa shape index (κ2) is 21.4. The van der Waals surface area contributed by atoms with Gasteiger partial charge in [0.15, 0.2) is 24.4 Å². The zero-order valence-corrected chi connectivity index (χ0v) is 28.2. The van der Waals surface area contributed by atoms with Crippen LogP contribution in [0.3, 0.4) is 0 Å². The fraction of sp³-hybridized carbons (Fsp3) is 0.636. The van der Waals surface area contributed by atoms with Crippen molar-refractivity contribution in [2.45, 2.75) is 79.8 Å². The summed E-state index contributed by atoms with van der Waals surface area (Å²) in [6, 6.07) is 0. The van der Waals surface area contributed by atoms with Gasteiger partial charge in [0, 0.05) is 0 Å². The van der Waals surface area contributed by atoms with Crippen molar-refractivity contribution >= 4 is 23.9 Å². The van der Waals surface area contributed by atoms with E-state index in [4.69, 9.17) is 37.9 Å². The smallest absolute Gasteiger partial charge is 0.334 e. The highest BCUT2D eigenvalue weighted by molar-refractivity contribution is 5.76. The number of esters is 4. The molecular formula is C33H52O12. The van der Waals surface area contributed by atoms with Gasteiger partial charge < -0.3 is 37.9 Å².